The molecule has 0 saturated heterocycles. The molecule has 0 unspecified atom stereocenters. The van der Waals surface area contributed by atoms with Crippen molar-refractivity contribution >= 4 is 29.1 Å². The van der Waals surface area contributed by atoms with Crippen LogP contribution in [0.25, 0.3) is 0 Å². The zero-order valence-electron chi connectivity index (χ0n) is 8.31. The predicted molar refractivity (Wildman–Crippen MR) is 61.1 cm³/mol. The van der Waals surface area contributed by atoms with Gasteiger partial charge in [0.2, 0.25) is 0 Å². The summed E-state index contributed by atoms with van der Waals surface area (Å²) in [5.74, 6) is -0.0555. The van der Waals surface area contributed by atoms with Crippen LogP contribution in [0.1, 0.15) is 15.4 Å². The Morgan fingerprint density at radius 3 is 2.94 bits per heavy atom. The van der Waals surface area contributed by atoms with E-state index in [0.29, 0.717) is 21.3 Å². The van der Waals surface area contributed by atoms with Crippen molar-refractivity contribution in [2.24, 2.45) is 0 Å². The Bertz CT molecular complexity index is 527. The van der Waals surface area contributed by atoms with Crippen molar-refractivity contribution in [2.75, 3.05) is 0 Å². The first kappa shape index (κ1) is 11.0. The summed E-state index contributed by atoms with van der Waals surface area (Å²) in [5.41, 5.74) is 0.567. The van der Waals surface area contributed by atoms with Crippen LogP contribution in [-0.2, 0) is 0 Å². The van der Waals surface area contributed by atoms with E-state index in [2.05, 4.69) is 9.59 Å². The second kappa shape index (κ2) is 4.59. The molecular formula is C10H7ClN2O2S. The first-order valence-corrected chi connectivity index (χ1v) is 5.58. The minimum absolute atomic E-state index is 0.403. The number of ether oxygens (including phenoxy) is 1. The molecule has 0 bridgehead atoms. The largest absolute Gasteiger partial charge is 0.422 e. The molecule has 0 aliphatic rings. The van der Waals surface area contributed by atoms with E-state index in [9.17, 15) is 4.79 Å². The highest BCUT2D eigenvalue weighted by atomic mass is 35.5. The normalized spacial score (nSPS) is 10.1. The Morgan fingerprint density at radius 1 is 1.50 bits per heavy atom. The van der Waals surface area contributed by atoms with Gasteiger partial charge in [-0.15, -0.1) is 5.10 Å². The molecule has 0 fully saturated rings. The number of carbonyl (C=O) groups is 1. The predicted octanol–water partition coefficient (Wildman–Crippen LogP) is 2.72. The van der Waals surface area contributed by atoms with Gasteiger partial charge >= 0.3 is 5.97 Å². The van der Waals surface area contributed by atoms with E-state index in [1.807, 2.05) is 0 Å². The fourth-order valence-corrected chi connectivity index (χ4v) is 1.82. The number of hydrogen-bond acceptors (Lipinski definition) is 5. The molecule has 82 valence electrons. The summed E-state index contributed by atoms with van der Waals surface area (Å²) in [5, 5.41) is 4.26. The fourth-order valence-electron chi connectivity index (χ4n) is 1.10. The summed E-state index contributed by atoms with van der Waals surface area (Å²) in [6, 6.07) is 6.65. The first-order valence-electron chi connectivity index (χ1n) is 4.43. The Balaban J connectivity index is 2.17. The molecule has 6 heteroatoms. The molecule has 1 heterocycles. The lowest BCUT2D eigenvalue weighted by molar-refractivity contribution is 0.0739. The molecule has 0 amide bonds. The van der Waals surface area contributed by atoms with Gasteiger partial charge in [0.25, 0.3) is 0 Å². The van der Waals surface area contributed by atoms with Gasteiger partial charge in [-0.3, -0.25) is 0 Å². The third kappa shape index (κ3) is 2.37. The van der Waals surface area contributed by atoms with Gasteiger partial charge in [0.05, 0.1) is 5.69 Å². The molecule has 2 aromatic rings. The van der Waals surface area contributed by atoms with Gasteiger partial charge in [0.15, 0.2) is 4.88 Å². The van der Waals surface area contributed by atoms with E-state index in [0.717, 1.165) is 11.5 Å². The van der Waals surface area contributed by atoms with E-state index < -0.39 is 5.97 Å². The molecule has 0 radical (unpaired) electrons. The molecule has 1 aromatic carbocycles. The minimum atomic E-state index is -0.463. The number of benzene rings is 1. The smallest absolute Gasteiger partial charge is 0.357 e. The summed E-state index contributed by atoms with van der Waals surface area (Å²) < 4.78 is 8.79. The van der Waals surface area contributed by atoms with Crippen LogP contribution in [0.2, 0.25) is 5.02 Å². The third-order valence-electron chi connectivity index (χ3n) is 1.84. The lowest BCUT2D eigenvalue weighted by atomic mass is 10.3. The highest BCUT2D eigenvalue weighted by Gasteiger charge is 2.15. The monoisotopic (exact) mass is 254 g/mol. The number of halogens is 1. The summed E-state index contributed by atoms with van der Waals surface area (Å²) in [7, 11) is 0. The average Bonchev–Trinajstić information content (AvgIpc) is 2.64. The van der Waals surface area contributed by atoms with E-state index in [4.69, 9.17) is 16.3 Å². The van der Waals surface area contributed by atoms with Crippen molar-refractivity contribution in [3.8, 4) is 5.75 Å². The molecule has 0 saturated carbocycles. The van der Waals surface area contributed by atoms with E-state index in [1.54, 1.807) is 31.2 Å². The third-order valence-corrected chi connectivity index (χ3v) is 2.89. The van der Waals surface area contributed by atoms with Crippen molar-refractivity contribution in [1.29, 1.82) is 0 Å². The van der Waals surface area contributed by atoms with E-state index in [1.165, 1.54) is 0 Å². The summed E-state index contributed by atoms with van der Waals surface area (Å²) in [6.45, 7) is 1.71. The van der Waals surface area contributed by atoms with Gasteiger partial charge in [-0.1, -0.05) is 22.2 Å². The molecule has 0 N–H and O–H groups in total. The summed E-state index contributed by atoms with van der Waals surface area (Å²) >= 11 is 6.78. The van der Waals surface area contributed by atoms with Gasteiger partial charge in [0, 0.05) is 5.02 Å². The number of carbonyl (C=O) groups excluding carboxylic acids is 1. The molecule has 0 atom stereocenters. The maximum absolute atomic E-state index is 11.7. The SMILES string of the molecule is Cc1nnsc1C(=O)Oc1cccc(Cl)c1. The maximum Gasteiger partial charge on any atom is 0.357 e. The molecule has 0 spiro atoms. The van der Waals surface area contributed by atoms with Crippen molar-refractivity contribution in [1.82, 2.24) is 9.59 Å². The molecular weight excluding hydrogens is 248 g/mol. The zero-order chi connectivity index (χ0) is 11.5. The first-order chi connectivity index (χ1) is 7.66. The van der Waals surface area contributed by atoms with E-state index in [-0.39, 0.29) is 0 Å². The van der Waals surface area contributed by atoms with Gasteiger partial charge in [0.1, 0.15) is 5.75 Å². The number of rotatable bonds is 2. The highest BCUT2D eigenvalue weighted by molar-refractivity contribution is 7.07. The molecule has 0 aliphatic heterocycles. The quantitative estimate of drug-likeness (QED) is 0.611. The van der Waals surface area contributed by atoms with Gasteiger partial charge < -0.3 is 4.74 Å². The molecule has 0 aliphatic carbocycles. The maximum atomic E-state index is 11.7. The number of esters is 1. The van der Waals surface area contributed by atoms with Gasteiger partial charge in [-0.05, 0) is 36.7 Å². The van der Waals surface area contributed by atoms with Crippen LogP contribution in [0, 0.1) is 6.92 Å². The van der Waals surface area contributed by atoms with Crippen molar-refractivity contribution < 1.29 is 9.53 Å². The number of aryl methyl sites for hydroxylation is 1. The standard InChI is InChI=1S/C10H7ClN2O2S/c1-6-9(16-13-12-6)10(14)15-8-4-2-3-7(11)5-8/h2-5H,1H3. The number of hydrogen-bond donors (Lipinski definition) is 0. The molecule has 4 nitrogen and oxygen atoms in total. The minimum Gasteiger partial charge on any atom is -0.422 e. The summed E-state index contributed by atoms with van der Waals surface area (Å²) in [4.78, 5) is 12.1. The second-order valence-electron chi connectivity index (χ2n) is 3.03. The topological polar surface area (TPSA) is 52.1 Å². The van der Waals surface area contributed by atoms with E-state index >= 15 is 0 Å². The van der Waals surface area contributed by atoms with Crippen LogP contribution in [0.5, 0.6) is 5.75 Å². The molecule has 16 heavy (non-hydrogen) atoms. The Labute approximate surface area is 101 Å². The number of aromatic nitrogens is 2. The lowest BCUT2D eigenvalue weighted by Crippen LogP contribution is -2.07. The average molecular weight is 255 g/mol. The fraction of sp³-hybridized carbons (Fsp3) is 0.100. The van der Waals surface area contributed by atoms with Crippen LogP contribution in [0.15, 0.2) is 24.3 Å². The Hall–Kier alpha value is -1.46. The van der Waals surface area contributed by atoms with Crippen LogP contribution in [0.3, 0.4) is 0 Å². The van der Waals surface area contributed by atoms with Crippen LogP contribution < -0.4 is 4.74 Å². The Kier molecular flexibility index (Phi) is 3.17. The van der Waals surface area contributed by atoms with Crippen molar-refractivity contribution in [3.05, 3.63) is 39.9 Å². The van der Waals surface area contributed by atoms with Gasteiger partial charge in [-0.25, -0.2) is 4.79 Å². The van der Waals surface area contributed by atoms with Gasteiger partial charge in [-0.2, -0.15) is 0 Å². The summed E-state index contributed by atoms with van der Waals surface area (Å²) in [6.07, 6.45) is 0. The van der Waals surface area contributed by atoms with Crippen LogP contribution in [0.4, 0.5) is 0 Å². The van der Waals surface area contributed by atoms with Crippen LogP contribution >= 0.6 is 23.1 Å². The lowest BCUT2D eigenvalue weighted by Gasteiger charge is -2.02. The van der Waals surface area contributed by atoms with Crippen LogP contribution in [-0.4, -0.2) is 15.6 Å². The highest BCUT2D eigenvalue weighted by Crippen LogP contribution is 2.19. The van der Waals surface area contributed by atoms with Crippen molar-refractivity contribution in [3.63, 3.8) is 0 Å². The second-order valence-corrected chi connectivity index (χ2v) is 4.22. The number of nitrogens with zero attached hydrogens (tertiary/aromatic N) is 2. The molecule has 2 rings (SSSR count). The zero-order valence-corrected chi connectivity index (χ0v) is 9.88. The molecule has 1 aromatic heterocycles. The van der Waals surface area contributed by atoms with Crippen molar-refractivity contribution in [2.45, 2.75) is 6.92 Å². The Morgan fingerprint density at radius 2 is 2.31 bits per heavy atom.